The number of likely N-dealkylation sites (N-methyl/N-ethyl adjacent to an activating group) is 1. The summed E-state index contributed by atoms with van der Waals surface area (Å²) >= 11 is 0. The van der Waals surface area contributed by atoms with Gasteiger partial charge in [-0.2, -0.15) is 0 Å². The van der Waals surface area contributed by atoms with Gasteiger partial charge in [0, 0.05) is 13.6 Å². The van der Waals surface area contributed by atoms with Crippen molar-refractivity contribution in [3.8, 4) is 0 Å². The Morgan fingerprint density at radius 3 is 2.25 bits per heavy atom. The second kappa shape index (κ2) is 6.77. The second-order valence-electron chi connectivity index (χ2n) is 5.77. The van der Waals surface area contributed by atoms with E-state index in [9.17, 15) is 4.79 Å². The number of benzene rings is 1. The third-order valence-corrected chi connectivity index (χ3v) is 2.72. The zero-order valence-corrected chi connectivity index (χ0v) is 12.5. The van der Waals surface area contributed by atoms with Crippen molar-refractivity contribution in [1.82, 2.24) is 4.90 Å². The van der Waals surface area contributed by atoms with Crippen molar-refractivity contribution < 1.29 is 19.6 Å². The first-order chi connectivity index (χ1) is 9.19. The minimum atomic E-state index is -1.45. The van der Waals surface area contributed by atoms with Gasteiger partial charge >= 0.3 is 13.2 Å². The van der Waals surface area contributed by atoms with E-state index in [1.165, 1.54) is 4.90 Å². The number of nitrogens with zero attached hydrogens (tertiary/aromatic N) is 1. The van der Waals surface area contributed by atoms with Gasteiger partial charge in [-0.15, -0.1) is 0 Å². The number of ether oxygens (including phenoxy) is 1. The molecule has 0 bridgehead atoms. The summed E-state index contributed by atoms with van der Waals surface area (Å²) < 4.78 is 5.26. The van der Waals surface area contributed by atoms with Gasteiger partial charge in [-0.1, -0.05) is 24.3 Å². The SMILES string of the molecule is CN(CCc1ccc(B(O)O)cc1)C(=O)OC(C)(C)C. The lowest BCUT2D eigenvalue weighted by Gasteiger charge is -2.24. The molecule has 0 aliphatic rings. The van der Waals surface area contributed by atoms with Gasteiger partial charge in [-0.25, -0.2) is 4.79 Å². The Morgan fingerprint density at radius 1 is 1.25 bits per heavy atom. The minimum absolute atomic E-state index is 0.347. The van der Waals surface area contributed by atoms with Gasteiger partial charge in [0.1, 0.15) is 5.60 Å². The number of rotatable bonds is 4. The molecule has 0 heterocycles. The van der Waals surface area contributed by atoms with Crippen molar-refractivity contribution in [2.24, 2.45) is 0 Å². The van der Waals surface area contributed by atoms with E-state index in [0.29, 0.717) is 18.4 Å². The van der Waals surface area contributed by atoms with Crippen LogP contribution < -0.4 is 5.46 Å². The van der Waals surface area contributed by atoms with Gasteiger partial charge in [0.25, 0.3) is 0 Å². The Morgan fingerprint density at radius 2 is 1.80 bits per heavy atom. The lowest BCUT2D eigenvalue weighted by molar-refractivity contribution is 0.0301. The van der Waals surface area contributed by atoms with E-state index in [1.807, 2.05) is 32.9 Å². The number of carbonyl (C=O) groups is 1. The third kappa shape index (κ3) is 5.63. The zero-order chi connectivity index (χ0) is 15.3. The van der Waals surface area contributed by atoms with Gasteiger partial charge in [0.15, 0.2) is 0 Å². The number of amides is 1. The van der Waals surface area contributed by atoms with Crippen LogP contribution in [-0.2, 0) is 11.2 Å². The maximum atomic E-state index is 11.8. The monoisotopic (exact) mass is 279 g/mol. The van der Waals surface area contributed by atoms with Gasteiger partial charge in [-0.05, 0) is 38.2 Å². The predicted molar refractivity (Wildman–Crippen MR) is 78.8 cm³/mol. The zero-order valence-electron chi connectivity index (χ0n) is 12.5. The van der Waals surface area contributed by atoms with E-state index < -0.39 is 12.7 Å². The fourth-order valence-corrected chi connectivity index (χ4v) is 1.58. The lowest BCUT2D eigenvalue weighted by Crippen LogP contribution is -2.35. The summed E-state index contributed by atoms with van der Waals surface area (Å²) in [5.41, 5.74) is 0.976. The largest absolute Gasteiger partial charge is 0.488 e. The van der Waals surface area contributed by atoms with Gasteiger partial charge in [0.2, 0.25) is 0 Å². The molecule has 1 aromatic rings. The highest BCUT2D eigenvalue weighted by Crippen LogP contribution is 2.09. The molecular formula is C14H22BNO4. The molecule has 1 aromatic carbocycles. The molecule has 5 nitrogen and oxygen atoms in total. The molecule has 0 aliphatic heterocycles. The molecular weight excluding hydrogens is 257 g/mol. The first-order valence-electron chi connectivity index (χ1n) is 6.58. The summed E-state index contributed by atoms with van der Waals surface area (Å²) in [5.74, 6) is 0. The van der Waals surface area contributed by atoms with Crippen LogP contribution in [-0.4, -0.2) is 47.4 Å². The summed E-state index contributed by atoms with van der Waals surface area (Å²) in [5, 5.41) is 18.0. The molecule has 0 aromatic heterocycles. The molecule has 0 atom stereocenters. The molecule has 6 heteroatoms. The maximum absolute atomic E-state index is 11.8. The molecule has 1 amide bonds. The highest BCUT2D eigenvalue weighted by atomic mass is 16.6. The lowest BCUT2D eigenvalue weighted by atomic mass is 9.80. The van der Waals surface area contributed by atoms with Gasteiger partial charge in [-0.3, -0.25) is 0 Å². The van der Waals surface area contributed by atoms with E-state index in [0.717, 1.165) is 5.56 Å². The maximum Gasteiger partial charge on any atom is 0.488 e. The van der Waals surface area contributed by atoms with Gasteiger partial charge in [0.05, 0.1) is 0 Å². The average molecular weight is 279 g/mol. The molecule has 0 saturated carbocycles. The van der Waals surface area contributed by atoms with Crippen LogP contribution in [0.4, 0.5) is 4.79 Å². The van der Waals surface area contributed by atoms with Crippen molar-refractivity contribution >= 4 is 18.7 Å². The molecule has 0 fully saturated rings. The first-order valence-corrected chi connectivity index (χ1v) is 6.58. The molecule has 0 aliphatic carbocycles. The van der Waals surface area contributed by atoms with E-state index >= 15 is 0 Å². The molecule has 0 unspecified atom stereocenters. The molecule has 1 rings (SSSR count). The van der Waals surface area contributed by atoms with Crippen LogP contribution in [0.5, 0.6) is 0 Å². The molecule has 2 N–H and O–H groups in total. The van der Waals surface area contributed by atoms with Crippen molar-refractivity contribution in [2.75, 3.05) is 13.6 Å². The fourth-order valence-electron chi connectivity index (χ4n) is 1.58. The van der Waals surface area contributed by atoms with Crippen molar-refractivity contribution in [2.45, 2.75) is 32.8 Å². The Labute approximate surface area is 120 Å². The van der Waals surface area contributed by atoms with Crippen LogP contribution >= 0.6 is 0 Å². The summed E-state index contributed by atoms with van der Waals surface area (Å²) in [6.07, 6.45) is 0.331. The predicted octanol–water partition coefficient (Wildman–Crippen LogP) is 0.776. The Hall–Kier alpha value is -1.53. The van der Waals surface area contributed by atoms with Crippen molar-refractivity contribution in [3.63, 3.8) is 0 Å². The standard InChI is InChI=1S/C14H22BNO4/c1-14(2,3)20-13(17)16(4)10-9-11-5-7-12(8-6-11)15(18)19/h5-8,18-19H,9-10H2,1-4H3. The Kier molecular flexibility index (Phi) is 5.59. The van der Waals surface area contributed by atoms with Crippen LogP contribution in [0.1, 0.15) is 26.3 Å². The van der Waals surface area contributed by atoms with E-state index in [1.54, 1.807) is 19.2 Å². The highest BCUT2D eigenvalue weighted by Gasteiger charge is 2.19. The minimum Gasteiger partial charge on any atom is -0.444 e. The third-order valence-electron chi connectivity index (χ3n) is 2.72. The summed E-state index contributed by atoms with van der Waals surface area (Å²) in [6, 6.07) is 6.95. The average Bonchev–Trinajstić information content (AvgIpc) is 2.34. The van der Waals surface area contributed by atoms with E-state index in [4.69, 9.17) is 14.8 Å². The number of carbonyl (C=O) groups excluding carboxylic acids is 1. The van der Waals surface area contributed by atoms with Crippen LogP contribution in [0.2, 0.25) is 0 Å². The molecule has 0 spiro atoms. The quantitative estimate of drug-likeness (QED) is 0.799. The Balaban J connectivity index is 2.48. The molecule has 0 saturated heterocycles. The van der Waals surface area contributed by atoms with Crippen LogP contribution in [0.3, 0.4) is 0 Å². The molecule has 0 radical (unpaired) electrons. The summed E-state index contributed by atoms with van der Waals surface area (Å²) in [6.45, 7) is 6.03. The number of hydrogen-bond donors (Lipinski definition) is 2. The fraction of sp³-hybridized carbons (Fsp3) is 0.500. The van der Waals surface area contributed by atoms with Crippen LogP contribution in [0.15, 0.2) is 24.3 Å². The number of hydrogen-bond acceptors (Lipinski definition) is 4. The van der Waals surface area contributed by atoms with E-state index in [-0.39, 0.29) is 6.09 Å². The highest BCUT2D eigenvalue weighted by molar-refractivity contribution is 6.58. The normalized spacial score (nSPS) is 11.1. The van der Waals surface area contributed by atoms with Crippen molar-refractivity contribution in [3.05, 3.63) is 29.8 Å². The Bertz CT molecular complexity index is 439. The summed E-state index contributed by atoms with van der Waals surface area (Å²) in [4.78, 5) is 13.3. The smallest absolute Gasteiger partial charge is 0.444 e. The second-order valence-corrected chi connectivity index (χ2v) is 5.77. The van der Waals surface area contributed by atoms with E-state index in [2.05, 4.69) is 0 Å². The van der Waals surface area contributed by atoms with Crippen LogP contribution in [0.25, 0.3) is 0 Å². The van der Waals surface area contributed by atoms with Gasteiger partial charge < -0.3 is 19.7 Å². The van der Waals surface area contributed by atoms with Crippen LogP contribution in [0, 0.1) is 0 Å². The molecule has 110 valence electrons. The first kappa shape index (κ1) is 16.5. The summed E-state index contributed by atoms with van der Waals surface area (Å²) in [7, 11) is 0.244. The van der Waals surface area contributed by atoms with Crippen molar-refractivity contribution in [1.29, 1.82) is 0 Å². The molecule has 20 heavy (non-hydrogen) atoms. The topological polar surface area (TPSA) is 70.0 Å².